The summed E-state index contributed by atoms with van der Waals surface area (Å²) in [6.07, 6.45) is 3.18. The van der Waals surface area contributed by atoms with Crippen LogP contribution < -0.4 is 5.32 Å². The SMILES string of the molecule is CCSCc1ccc(C(=O)Nc2cccc(Cn3cncn3)c2)cc1. The molecule has 0 bridgehead atoms. The second kappa shape index (κ2) is 8.48. The smallest absolute Gasteiger partial charge is 0.255 e. The highest BCUT2D eigenvalue weighted by Gasteiger charge is 2.07. The normalized spacial score (nSPS) is 10.6. The first-order chi connectivity index (χ1) is 12.2. The fourth-order valence-corrected chi connectivity index (χ4v) is 3.06. The molecule has 0 saturated carbocycles. The number of nitrogens with one attached hydrogen (secondary N) is 1. The molecule has 0 radical (unpaired) electrons. The lowest BCUT2D eigenvalue weighted by molar-refractivity contribution is 0.102. The van der Waals surface area contributed by atoms with Gasteiger partial charge in [0.25, 0.3) is 5.91 Å². The van der Waals surface area contributed by atoms with Gasteiger partial charge in [-0.05, 0) is 41.1 Å². The minimum atomic E-state index is -0.104. The summed E-state index contributed by atoms with van der Waals surface area (Å²) in [5.41, 5.74) is 3.72. The topological polar surface area (TPSA) is 59.8 Å². The Kier molecular flexibility index (Phi) is 5.85. The third kappa shape index (κ3) is 4.93. The van der Waals surface area contributed by atoms with E-state index in [1.165, 1.54) is 11.9 Å². The molecule has 6 heteroatoms. The molecule has 0 spiro atoms. The van der Waals surface area contributed by atoms with Crippen LogP contribution in [0.5, 0.6) is 0 Å². The third-order valence-electron chi connectivity index (χ3n) is 3.68. The average molecular weight is 352 g/mol. The number of carbonyl (C=O) groups is 1. The minimum absolute atomic E-state index is 0.104. The number of benzene rings is 2. The number of hydrogen-bond donors (Lipinski definition) is 1. The highest BCUT2D eigenvalue weighted by atomic mass is 32.2. The summed E-state index contributed by atoms with van der Waals surface area (Å²) in [4.78, 5) is 16.4. The fourth-order valence-electron chi connectivity index (χ4n) is 2.42. The van der Waals surface area contributed by atoms with Gasteiger partial charge < -0.3 is 5.32 Å². The average Bonchev–Trinajstić information content (AvgIpc) is 3.13. The van der Waals surface area contributed by atoms with E-state index in [1.54, 1.807) is 11.0 Å². The Hall–Kier alpha value is -2.60. The molecule has 1 aromatic heterocycles. The molecule has 1 heterocycles. The van der Waals surface area contributed by atoms with Gasteiger partial charge >= 0.3 is 0 Å². The van der Waals surface area contributed by atoms with Crippen molar-refractivity contribution in [1.29, 1.82) is 0 Å². The summed E-state index contributed by atoms with van der Waals surface area (Å²) in [5.74, 6) is 1.96. The van der Waals surface area contributed by atoms with E-state index in [0.29, 0.717) is 12.1 Å². The lowest BCUT2D eigenvalue weighted by atomic mass is 10.1. The van der Waals surface area contributed by atoms with Gasteiger partial charge in [-0.1, -0.05) is 31.2 Å². The molecule has 0 atom stereocenters. The van der Waals surface area contributed by atoms with Gasteiger partial charge in [0.1, 0.15) is 12.7 Å². The Morgan fingerprint density at radius 2 is 2.00 bits per heavy atom. The summed E-state index contributed by atoms with van der Waals surface area (Å²) in [7, 11) is 0. The Morgan fingerprint density at radius 3 is 2.72 bits per heavy atom. The van der Waals surface area contributed by atoms with Crippen LogP contribution in [0.3, 0.4) is 0 Å². The molecule has 0 aliphatic heterocycles. The molecule has 3 rings (SSSR count). The van der Waals surface area contributed by atoms with Crippen molar-refractivity contribution in [3.05, 3.63) is 77.9 Å². The van der Waals surface area contributed by atoms with Gasteiger partial charge in [-0.15, -0.1) is 0 Å². The minimum Gasteiger partial charge on any atom is -0.322 e. The molecule has 0 aliphatic rings. The maximum atomic E-state index is 12.4. The standard InChI is InChI=1S/C19H20N4OS/c1-2-25-12-15-6-8-17(9-7-15)19(24)22-18-5-3-4-16(10-18)11-23-14-20-13-21-23/h3-10,13-14H,2,11-12H2,1H3,(H,22,24). The van der Waals surface area contributed by atoms with Crippen molar-refractivity contribution < 1.29 is 4.79 Å². The van der Waals surface area contributed by atoms with E-state index < -0.39 is 0 Å². The zero-order valence-electron chi connectivity index (χ0n) is 14.1. The quantitative estimate of drug-likeness (QED) is 0.702. The zero-order valence-corrected chi connectivity index (χ0v) is 14.9. The van der Waals surface area contributed by atoms with Gasteiger partial charge in [0.15, 0.2) is 0 Å². The van der Waals surface area contributed by atoms with E-state index in [1.807, 2.05) is 60.3 Å². The second-order valence-corrected chi connectivity index (χ2v) is 6.86. The first-order valence-corrected chi connectivity index (χ1v) is 9.29. The molecule has 0 unspecified atom stereocenters. The lowest BCUT2D eigenvalue weighted by Crippen LogP contribution is -2.12. The number of nitrogens with zero attached hydrogens (tertiary/aromatic N) is 3. The fraction of sp³-hybridized carbons (Fsp3) is 0.211. The Labute approximate surface area is 151 Å². The van der Waals surface area contributed by atoms with Gasteiger partial charge in [-0.3, -0.25) is 4.79 Å². The number of carbonyl (C=O) groups excluding carboxylic acids is 1. The molecule has 0 saturated heterocycles. The maximum Gasteiger partial charge on any atom is 0.255 e. The molecule has 2 aromatic carbocycles. The van der Waals surface area contributed by atoms with Crippen LogP contribution in [0, 0.1) is 0 Å². The molecule has 3 aromatic rings. The predicted molar refractivity (Wildman–Crippen MR) is 102 cm³/mol. The third-order valence-corrected chi connectivity index (χ3v) is 4.63. The van der Waals surface area contributed by atoms with Crippen LogP contribution in [-0.4, -0.2) is 26.4 Å². The van der Waals surface area contributed by atoms with Crippen LogP contribution in [0.15, 0.2) is 61.2 Å². The van der Waals surface area contributed by atoms with Crippen molar-refractivity contribution in [3.63, 3.8) is 0 Å². The Morgan fingerprint density at radius 1 is 1.16 bits per heavy atom. The molecule has 25 heavy (non-hydrogen) atoms. The van der Waals surface area contributed by atoms with Crippen molar-refractivity contribution >= 4 is 23.4 Å². The molecular weight excluding hydrogens is 332 g/mol. The van der Waals surface area contributed by atoms with E-state index in [4.69, 9.17) is 0 Å². The van der Waals surface area contributed by atoms with Gasteiger partial charge in [0, 0.05) is 17.0 Å². The number of hydrogen-bond acceptors (Lipinski definition) is 4. The number of rotatable bonds is 7. The van der Waals surface area contributed by atoms with Crippen molar-refractivity contribution in [2.24, 2.45) is 0 Å². The first kappa shape index (κ1) is 17.2. The number of amides is 1. The summed E-state index contributed by atoms with van der Waals surface area (Å²) in [6.45, 7) is 2.76. The monoisotopic (exact) mass is 352 g/mol. The molecule has 0 fully saturated rings. The van der Waals surface area contributed by atoms with E-state index in [0.717, 1.165) is 22.8 Å². The Bertz CT molecular complexity index is 816. The summed E-state index contributed by atoms with van der Waals surface area (Å²) < 4.78 is 1.74. The van der Waals surface area contributed by atoms with Crippen molar-refractivity contribution in [2.75, 3.05) is 11.1 Å². The molecular formula is C19H20N4OS. The van der Waals surface area contributed by atoms with Crippen LogP contribution in [0.2, 0.25) is 0 Å². The van der Waals surface area contributed by atoms with Crippen LogP contribution in [0.1, 0.15) is 28.4 Å². The second-order valence-electron chi connectivity index (χ2n) is 5.58. The van der Waals surface area contributed by atoms with Crippen LogP contribution in [0.25, 0.3) is 0 Å². The molecule has 1 amide bonds. The summed E-state index contributed by atoms with van der Waals surface area (Å²) in [6, 6.07) is 15.5. The van der Waals surface area contributed by atoms with E-state index in [-0.39, 0.29) is 5.91 Å². The number of thioether (sulfide) groups is 1. The van der Waals surface area contributed by atoms with E-state index in [9.17, 15) is 4.79 Å². The van der Waals surface area contributed by atoms with E-state index >= 15 is 0 Å². The van der Waals surface area contributed by atoms with Crippen LogP contribution in [0.4, 0.5) is 5.69 Å². The van der Waals surface area contributed by atoms with Crippen LogP contribution >= 0.6 is 11.8 Å². The van der Waals surface area contributed by atoms with E-state index in [2.05, 4.69) is 22.3 Å². The molecule has 5 nitrogen and oxygen atoms in total. The number of aromatic nitrogens is 3. The summed E-state index contributed by atoms with van der Waals surface area (Å²) in [5, 5.41) is 7.05. The van der Waals surface area contributed by atoms with Crippen molar-refractivity contribution in [3.8, 4) is 0 Å². The Balaban J connectivity index is 1.64. The molecule has 1 N–H and O–H groups in total. The molecule has 128 valence electrons. The van der Waals surface area contributed by atoms with Gasteiger partial charge in [0.2, 0.25) is 0 Å². The van der Waals surface area contributed by atoms with Gasteiger partial charge in [0.05, 0.1) is 6.54 Å². The maximum absolute atomic E-state index is 12.4. The zero-order chi connectivity index (χ0) is 17.5. The van der Waals surface area contributed by atoms with Gasteiger partial charge in [-0.2, -0.15) is 16.9 Å². The van der Waals surface area contributed by atoms with Crippen molar-refractivity contribution in [1.82, 2.24) is 14.8 Å². The molecule has 0 aliphatic carbocycles. The van der Waals surface area contributed by atoms with Crippen LogP contribution in [-0.2, 0) is 12.3 Å². The highest BCUT2D eigenvalue weighted by Crippen LogP contribution is 2.15. The highest BCUT2D eigenvalue weighted by molar-refractivity contribution is 7.98. The predicted octanol–water partition coefficient (Wildman–Crippen LogP) is 3.83. The first-order valence-electron chi connectivity index (χ1n) is 8.14. The summed E-state index contributed by atoms with van der Waals surface area (Å²) >= 11 is 1.87. The van der Waals surface area contributed by atoms with Crippen molar-refractivity contribution in [2.45, 2.75) is 19.2 Å². The number of anilines is 1. The largest absolute Gasteiger partial charge is 0.322 e. The van der Waals surface area contributed by atoms with Gasteiger partial charge in [-0.25, -0.2) is 9.67 Å². The lowest BCUT2D eigenvalue weighted by Gasteiger charge is -2.08.